The molecule has 1 saturated heterocycles. The Morgan fingerprint density at radius 2 is 1.66 bits per heavy atom. The highest BCUT2D eigenvalue weighted by Gasteiger charge is 2.44. The zero-order valence-electron chi connectivity index (χ0n) is 15.9. The molecule has 0 aromatic heterocycles. The Hall–Kier alpha value is -2.74. The van der Waals surface area contributed by atoms with Gasteiger partial charge in [0.15, 0.2) is 11.5 Å². The molecule has 2 aromatic carbocycles. The molecule has 1 aliphatic carbocycles. The molecule has 2 fully saturated rings. The van der Waals surface area contributed by atoms with Crippen molar-refractivity contribution in [2.24, 2.45) is 0 Å². The van der Waals surface area contributed by atoms with E-state index < -0.39 is 15.8 Å². The van der Waals surface area contributed by atoms with Crippen LogP contribution in [0.2, 0.25) is 0 Å². The molecule has 0 radical (unpaired) electrons. The molecule has 0 unspecified atom stereocenters. The first-order chi connectivity index (χ1) is 13.9. The van der Waals surface area contributed by atoms with E-state index in [-0.39, 0.29) is 10.8 Å². The van der Waals surface area contributed by atoms with E-state index in [0.29, 0.717) is 30.2 Å². The summed E-state index contributed by atoms with van der Waals surface area (Å²) in [4.78, 5) is 13.7. The van der Waals surface area contributed by atoms with Gasteiger partial charge in [0, 0.05) is 37.6 Å². The molecule has 0 bridgehead atoms. The molecule has 7 nitrogen and oxygen atoms in total. The molecule has 2 aromatic rings. The van der Waals surface area contributed by atoms with Gasteiger partial charge in [0.25, 0.3) is 15.8 Å². The van der Waals surface area contributed by atoms with Crippen molar-refractivity contribution in [1.29, 1.82) is 0 Å². The lowest BCUT2D eigenvalue weighted by Gasteiger charge is -2.21. The van der Waals surface area contributed by atoms with Crippen molar-refractivity contribution >= 4 is 27.3 Å². The highest BCUT2D eigenvalue weighted by atomic mass is 32.2. The minimum Gasteiger partial charge on any atom is -0.448 e. The smallest absolute Gasteiger partial charge is 0.261 e. The Morgan fingerprint density at radius 3 is 2.34 bits per heavy atom. The molecule has 5 rings (SSSR count). The topological polar surface area (TPSA) is 84.9 Å². The molecule has 2 heterocycles. The molecule has 1 N–H and O–H groups in total. The van der Waals surface area contributed by atoms with Gasteiger partial charge in [-0.3, -0.25) is 9.52 Å². The number of ether oxygens (including phenoxy) is 2. The molecule has 2 aliphatic heterocycles. The average Bonchev–Trinajstić information content (AvgIpc) is 3.41. The number of anilines is 2. The number of hydrogen-bond acceptors (Lipinski definition) is 5. The minimum atomic E-state index is -3.76. The van der Waals surface area contributed by atoms with Crippen molar-refractivity contribution in [2.75, 3.05) is 16.2 Å². The fraction of sp³-hybridized carbons (Fsp3) is 0.381. The van der Waals surface area contributed by atoms with E-state index in [1.54, 1.807) is 35.2 Å². The third kappa shape index (κ3) is 3.31. The van der Waals surface area contributed by atoms with Crippen molar-refractivity contribution < 1.29 is 22.7 Å². The predicted octanol–water partition coefficient (Wildman–Crippen LogP) is 3.66. The number of carbonyl (C=O) groups is 1. The summed E-state index contributed by atoms with van der Waals surface area (Å²) in [5, 5.41) is 0. The van der Waals surface area contributed by atoms with Crippen LogP contribution in [-0.2, 0) is 14.8 Å². The highest BCUT2D eigenvalue weighted by molar-refractivity contribution is 7.92. The van der Waals surface area contributed by atoms with Crippen LogP contribution in [0.5, 0.6) is 11.5 Å². The maximum atomic E-state index is 12.8. The number of amides is 1. The first-order valence-electron chi connectivity index (χ1n) is 9.90. The summed E-state index contributed by atoms with van der Waals surface area (Å²) in [7, 11) is -3.76. The molecule has 1 amide bonds. The van der Waals surface area contributed by atoms with Gasteiger partial charge in [0.2, 0.25) is 5.91 Å². The van der Waals surface area contributed by atoms with Crippen LogP contribution >= 0.6 is 0 Å². The molecule has 1 saturated carbocycles. The molecular formula is C21H22N2O5S. The van der Waals surface area contributed by atoms with Crippen LogP contribution in [0, 0.1) is 0 Å². The number of hydrogen-bond donors (Lipinski definition) is 1. The number of benzene rings is 2. The van der Waals surface area contributed by atoms with Gasteiger partial charge in [-0.1, -0.05) is 0 Å². The van der Waals surface area contributed by atoms with Crippen molar-refractivity contribution in [1.82, 2.24) is 0 Å². The predicted molar refractivity (Wildman–Crippen MR) is 108 cm³/mol. The van der Waals surface area contributed by atoms with E-state index in [1.165, 1.54) is 12.1 Å². The highest BCUT2D eigenvalue weighted by Crippen LogP contribution is 2.47. The van der Waals surface area contributed by atoms with Gasteiger partial charge in [0.1, 0.15) is 0 Å². The van der Waals surface area contributed by atoms with E-state index in [0.717, 1.165) is 37.8 Å². The van der Waals surface area contributed by atoms with Crippen LogP contribution in [0.1, 0.15) is 38.5 Å². The van der Waals surface area contributed by atoms with Gasteiger partial charge in [0.05, 0.1) is 10.6 Å². The van der Waals surface area contributed by atoms with Crippen molar-refractivity contribution in [2.45, 2.75) is 49.2 Å². The van der Waals surface area contributed by atoms with Gasteiger partial charge in [-0.15, -0.1) is 0 Å². The standard InChI is InChI=1S/C21H22N2O5S/c24-20-4-3-13-23(20)16-6-8-17(9-7-16)29(25,26)22-15-5-10-18-19(14-15)28-21(27-18)11-1-2-12-21/h5-10,14,22H,1-4,11-13H2. The van der Waals surface area contributed by atoms with E-state index in [4.69, 9.17) is 9.47 Å². The van der Waals surface area contributed by atoms with Gasteiger partial charge in [-0.25, -0.2) is 8.42 Å². The second-order valence-corrected chi connectivity index (χ2v) is 9.41. The Balaban J connectivity index is 1.33. The molecule has 29 heavy (non-hydrogen) atoms. The Labute approximate surface area is 169 Å². The second-order valence-electron chi connectivity index (χ2n) is 7.73. The fourth-order valence-corrected chi connectivity index (χ4v) is 5.27. The van der Waals surface area contributed by atoms with Crippen LogP contribution in [-0.4, -0.2) is 26.7 Å². The Bertz CT molecular complexity index is 1060. The Kier molecular flexibility index (Phi) is 4.20. The molecule has 3 aliphatic rings. The maximum absolute atomic E-state index is 12.8. The van der Waals surface area contributed by atoms with E-state index in [2.05, 4.69) is 4.72 Å². The van der Waals surface area contributed by atoms with Gasteiger partial charge >= 0.3 is 0 Å². The summed E-state index contributed by atoms with van der Waals surface area (Å²) in [5.74, 6) is 0.700. The normalized spacial score (nSPS) is 19.9. The van der Waals surface area contributed by atoms with E-state index >= 15 is 0 Å². The van der Waals surface area contributed by atoms with Crippen molar-refractivity contribution in [3.05, 3.63) is 42.5 Å². The van der Waals surface area contributed by atoms with E-state index in [9.17, 15) is 13.2 Å². The lowest BCUT2D eigenvalue weighted by atomic mass is 10.2. The quantitative estimate of drug-likeness (QED) is 0.825. The monoisotopic (exact) mass is 414 g/mol. The first kappa shape index (κ1) is 18.3. The zero-order valence-corrected chi connectivity index (χ0v) is 16.7. The third-order valence-electron chi connectivity index (χ3n) is 5.69. The summed E-state index contributed by atoms with van der Waals surface area (Å²) in [6.07, 6.45) is 5.17. The number of nitrogens with zero attached hydrogens (tertiary/aromatic N) is 1. The number of carbonyl (C=O) groups excluding carboxylic acids is 1. The zero-order chi connectivity index (χ0) is 20.1. The third-order valence-corrected chi connectivity index (χ3v) is 7.08. The molecule has 0 atom stereocenters. The van der Waals surface area contributed by atoms with Crippen molar-refractivity contribution in [3.63, 3.8) is 0 Å². The second kappa shape index (κ2) is 6.66. The number of sulfonamides is 1. The van der Waals surface area contributed by atoms with Gasteiger partial charge in [-0.2, -0.15) is 0 Å². The molecule has 152 valence electrons. The average molecular weight is 414 g/mol. The van der Waals surface area contributed by atoms with Crippen LogP contribution < -0.4 is 19.1 Å². The largest absolute Gasteiger partial charge is 0.448 e. The Morgan fingerprint density at radius 1 is 0.931 bits per heavy atom. The van der Waals surface area contributed by atoms with E-state index in [1.807, 2.05) is 0 Å². The summed E-state index contributed by atoms with van der Waals surface area (Å²) < 4.78 is 40.1. The van der Waals surface area contributed by atoms with Crippen LogP contribution in [0.3, 0.4) is 0 Å². The fourth-order valence-electron chi connectivity index (χ4n) is 4.22. The summed E-state index contributed by atoms with van der Waals surface area (Å²) in [6.45, 7) is 0.669. The summed E-state index contributed by atoms with van der Waals surface area (Å²) in [5.41, 5.74) is 1.14. The number of nitrogens with one attached hydrogen (secondary N) is 1. The summed E-state index contributed by atoms with van der Waals surface area (Å²) in [6, 6.07) is 11.4. The van der Waals surface area contributed by atoms with Crippen LogP contribution in [0.15, 0.2) is 47.4 Å². The first-order valence-corrected chi connectivity index (χ1v) is 11.4. The summed E-state index contributed by atoms with van der Waals surface area (Å²) >= 11 is 0. The van der Waals surface area contributed by atoms with Crippen molar-refractivity contribution in [3.8, 4) is 11.5 Å². The minimum absolute atomic E-state index is 0.0686. The van der Waals surface area contributed by atoms with Gasteiger partial charge in [-0.05, 0) is 55.7 Å². The molecule has 8 heteroatoms. The SMILES string of the molecule is O=C1CCCN1c1ccc(S(=O)(=O)Nc2ccc3c(c2)OC2(CCCC2)O3)cc1. The maximum Gasteiger partial charge on any atom is 0.261 e. The molecular weight excluding hydrogens is 392 g/mol. The molecule has 1 spiro atoms. The lowest BCUT2D eigenvalue weighted by molar-refractivity contribution is -0.117. The van der Waals surface area contributed by atoms with Gasteiger partial charge < -0.3 is 14.4 Å². The lowest BCUT2D eigenvalue weighted by Crippen LogP contribution is -2.34. The number of rotatable bonds is 4. The van der Waals surface area contributed by atoms with Crippen LogP contribution in [0.25, 0.3) is 0 Å². The van der Waals surface area contributed by atoms with Crippen LogP contribution in [0.4, 0.5) is 11.4 Å². The number of fused-ring (bicyclic) bond motifs is 1.